The highest BCUT2D eigenvalue weighted by Gasteiger charge is 2.32. The largest absolute Gasteiger partial charge is 0.497 e. The minimum Gasteiger partial charge on any atom is -0.497 e. The molecule has 4 nitrogen and oxygen atoms in total. The number of benzene rings is 1. The van der Waals surface area contributed by atoms with E-state index >= 15 is 0 Å². The van der Waals surface area contributed by atoms with Gasteiger partial charge in [-0.15, -0.1) is 0 Å². The van der Waals surface area contributed by atoms with Gasteiger partial charge >= 0.3 is 0 Å². The monoisotopic (exact) mass is 329 g/mol. The second-order valence-electron chi connectivity index (χ2n) is 5.02. The van der Waals surface area contributed by atoms with Crippen LogP contribution in [0.2, 0.25) is 0 Å². The highest BCUT2D eigenvalue weighted by Crippen LogP contribution is 2.28. The van der Waals surface area contributed by atoms with E-state index in [0.717, 1.165) is 15.8 Å². The fraction of sp³-hybridized carbons (Fsp3) is 0.571. The first-order chi connectivity index (χ1) is 9.04. The molecule has 2 N–H and O–H groups in total. The summed E-state index contributed by atoms with van der Waals surface area (Å²) in [6.07, 6.45) is 0.691. The summed E-state index contributed by atoms with van der Waals surface area (Å²) >= 11 is 3.55. The van der Waals surface area contributed by atoms with E-state index in [1.54, 1.807) is 7.11 Å². The van der Waals surface area contributed by atoms with E-state index in [1.165, 1.54) is 0 Å². The van der Waals surface area contributed by atoms with Crippen LogP contribution in [0.4, 0.5) is 0 Å². The first kappa shape index (κ1) is 14.8. The Hall–Kier alpha value is -0.620. The third kappa shape index (κ3) is 3.69. The predicted molar refractivity (Wildman–Crippen MR) is 77.5 cm³/mol. The van der Waals surface area contributed by atoms with Crippen molar-refractivity contribution in [3.05, 3.63) is 28.2 Å². The maximum absolute atomic E-state index is 10.2. The number of nitrogens with one attached hydrogen (secondary N) is 1. The summed E-state index contributed by atoms with van der Waals surface area (Å²) in [5, 5.41) is 13.6. The van der Waals surface area contributed by atoms with Crippen molar-refractivity contribution in [2.75, 3.05) is 26.9 Å². The quantitative estimate of drug-likeness (QED) is 0.870. The molecule has 0 aliphatic carbocycles. The Bertz CT molecular complexity index is 433. The van der Waals surface area contributed by atoms with Gasteiger partial charge in [-0.05, 0) is 24.6 Å². The smallest absolute Gasteiger partial charge is 0.120 e. The lowest BCUT2D eigenvalue weighted by atomic mass is 10.0. The number of aliphatic hydroxyl groups is 1. The molecule has 1 aromatic rings. The van der Waals surface area contributed by atoms with E-state index in [-0.39, 0.29) is 6.04 Å². The van der Waals surface area contributed by atoms with Crippen LogP contribution < -0.4 is 10.1 Å². The summed E-state index contributed by atoms with van der Waals surface area (Å²) in [5.74, 6) is 0.825. The molecule has 1 fully saturated rings. The van der Waals surface area contributed by atoms with E-state index in [9.17, 15) is 5.11 Å². The summed E-state index contributed by atoms with van der Waals surface area (Å²) in [7, 11) is 1.65. The molecule has 0 radical (unpaired) electrons. The van der Waals surface area contributed by atoms with E-state index in [2.05, 4.69) is 28.2 Å². The Kier molecular flexibility index (Phi) is 4.84. The fourth-order valence-electron chi connectivity index (χ4n) is 2.17. The highest BCUT2D eigenvalue weighted by molar-refractivity contribution is 9.10. The van der Waals surface area contributed by atoms with Crippen LogP contribution in [0.3, 0.4) is 0 Å². The van der Waals surface area contributed by atoms with Crippen molar-refractivity contribution < 1.29 is 14.6 Å². The molecule has 2 rings (SSSR count). The van der Waals surface area contributed by atoms with Gasteiger partial charge in [0.15, 0.2) is 0 Å². The van der Waals surface area contributed by atoms with Crippen molar-refractivity contribution in [1.29, 1.82) is 0 Å². The third-order valence-electron chi connectivity index (χ3n) is 3.49. The number of halogens is 1. The van der Waals surface area contributed by atoms with Gasteiger partial charge in [0.2, 0.25) is 0 Å². The molecule has 0 unspecified atom stereocenters. The molecule has 1 aromatic carbocycles. The average molecular weight is 330 g/mol. The number of hydrogen-bond acceptors (Lipinski definition) is 4. The molecule has 1 aliphatic rings. The molecule has 1 saturated heterocycles. The molecule has 5 heteroatoms. The summed E-state index contributed by atoms with van der Waals surface area (Å²) in [5.41, 5.74) is 0.413. The first-order valence-corrected chi connectivity index (χ1v) is 7.20. The van der Waals surface area contributed by atoms with Crippen molar-refractivity contribution in [2.24, 2.45) is 0 Å². The lowest BCUT2D eigenvalue weighted by molar-refractivity contribution is 0.0252. The van der Waals surface area contributed by atoms with Gasteiger partial charge in [-0.25, -0.2) is 0 Å². The van der Waals surface area contributed by atoms with Crippen LogP contribution in [0, 0.1) is 0 Å². The van der Waals surface area contributed by atoms with Crippen molar-refractivity contribution >= 4 is 15.9 Å². The summed E-state index contributed by atoms with van der Waals surface area (Å²) in [6.45, 7) is 3.66. The maximum Gasteiger partial charge on any atom is 0.120 e. The standard InChI is InChI=1S/C14H20BrNO3/c1-10(16-8-14(17)5-6-19-9-14)12-4-3-11(18-2)7-13(12)15/h3-4,7,10,16-17H,5-6,8-9H2,1-2H3/t10-,14-/m0/s1. The van der Waals surface area contributed by atoms with Crippen LogP contribution in [0.1, 0.15) is 24.9 Å². The SMILES string of the molecule is COc1ccc([C@H](C)NC[C@@]2(O)CCOC2)c(Br)c1. The highest BCUT2D eigenvalue weighted by atomic mass is 79.9. The van der Waals surface area contributed by atoms with Gasteiger partial charge in [0.1, 0.15) is 11.4 Å². The van der Waals surface area contributed by atoms with Crippen LogP contribution in [-0.2, 0) is 4.74 Å². The van der Waals surface area contributed by atoms with Gasteiger partial charge in [-0.3, -0.25) is 0 Å². The normalized spacial score (nSPS) is 24.4. The van der Waals surface area contributed by atoms with E-state index in [1.807, 2.05) is 18.2 Å². The zero-order valence-corrected chi connectivity index (χ0v) is 12.9. The lowest BCUT2D eigenvalue weighted by Crippen LogP contribution is -2.41. The molecule has 2 atom stereocenters. The van der Waals surface area contributed by atoms with Crippen LogP contribution in [0.5, 0.6) is 5.75 Å². The maximum atomic E-state index is 10.2. The van der Waals surface area contributed by atoms with Crippen molar-refractivity contribution in [3.8, 4) is 5.75 Å². The van der Waals surface area contributed by atoms with Gasteiger partial charge in [0.25, 0.3) is 0 Å². The third-order valence-corrected chi connectivity index (χ3v) is 4.18. The van der Waals surface area contributed by atoms with Crippen LogP contribution in [-0.4, -0.2) is 37.6 Å². The van der Waals surface area contributed by atoms with Crippen LogP contribution in [0.15, 0.2) is 22.7 Å². The molecule has 1 heterocycles. The number of hydrogen-bond donors (Lipinski definition) is 2. The van der Waals surface area contributed by atoms with Crippen molar-refractivity contribution in [3.63, 3.8) is 0 Å². The molecular weight excluding hydrogens is 310 g/mol. The topological polar surface area (TPSA) is 50.7 Å². The molecule has 0 saturated carbocycles. The van der Waals surface area contributed by atoms with Gasteiger partial charge in [-0.1, -0.05) is 22.0 Å². The zero-order chi connectivity index (χ0) is 13.9. The summed E-state index contributed by atoms with van der Waals surface area (Å²) in [4.78, 5) is 0. The molecule has 1 aliphatic heterocycles. The van der Waals surface area contributed by atoms with Crippen molar-refractivity contribution in [1.82, 2.24) is 5.32 Å². The Morgan fingerprint density at radius 1 is 1.58 bits per heavy atom. The lowest BCUT2D eigenvalue weighted by Gasteiger charge is -2.24. The predicted octanol–water partition coefficient (Wildman–Crippen LogP) is 2.26. The minimum absolute atomic E-state index is 0.143. The molecule has 0 spiro atoms. The Morgan fingerprint density at radius 3 is 2.95 bits per heavy atom. The van der Waals surface area contributed by atoms with Crippen LogP contribution in [0.25, 0.3) is 0 Å². The van der Waals surface area contributed by atoms with Crippen LogP contribution >= 0.6 is 15.9 Å². The molecular formula is C14H20BrNO3. The van der Waals surface area contributed by atoms with E-state index in [4.69, 9.17) is 9.47 Å². The van der Waals surface area contributed by atoms with Gasteiger partial charge < -0.3 is 19.9 Å². The van der Waals surface area contributed by atoms with E-state index in [0.29, 0.717) is 26.2 Å². The Balaban J connectivity index is 1.97. The Labute approximate surface area is 122 Å². The zero-order valence-electron chi connectivity index (χ0n) is 11.3. The number of methoxy groups -OCH3 is 1. The van der Waals surface area contributed by atoms with Gasteiger partial charge in [-0.2, -0.15) is 0 Å². The second-order valence-corrected chi connectivity index (χ2v) is 5.87. The van der Waals surface area contributed by atoms with Crippen molar-refractivity contribution in [2.45, 2.75) is 25.0 Å². The first-order valence-electron chi connectivity index (χ1n) is 6.41. The Morgan fingerprint density at radius 2 is 2.37 bits per heavy atom. The van der Waals surface area contributed by atoms with Gasteiger partial charge in [0.05, 0.1) is 13.7 Å². The molecule has 106 valence electrons. The fourth-order valence-corrected chi connectivity index (χ4v) is 2.88. The van der Waals surface area contributed by atoms with E-state index < -0.39 is 5.60 Å². The second kappa shape index (κ2) is 6.22. The minimum atomic E-state index is -0.729. The van der Waals surface area contributed by atoms with Gasteiger partial charge in [0, 0.05) is 30.1 Å². The molecule has 0 amide bonds. The summed E-state index contributed by atoms with van der Waals surface area (Å²) < 4.78 is 11.4. The number of ether oxygens (including phenoxy) is 2. The summed E-state index contributed by atoms with van der Waals surface area (Å²) in [6, 6.07) is 6.05. The molecule has 19 heavy (non-hydrogen) atoms. The number of rotatable bonds is 5. The average Bonchev–Trinajstić information content (AvgIpc) is 2.83. The molecule has 0 bridgehead atoms. The molecule has 0 aromatic heterocycles.